The third kappa shape index (κ3) is 25.2. The van der Waals surface area contributed by atoms with Crippen molar-refractivity contribution in [2.75, 3.05) is 26.4 Å². The van der Waals surface area contributed by atoms with Gasteiger partial charge in [-0.3, -0.25) is 9.59 Å². The summed E-state index contributed by atoms with van der Waals surface area (Å²) in [4.78, 5) is 23.1. The number of rotatable bonds is 26. The molecule has 7 nitrogen and oxygen atoms in total. The lowest BCUT2D eigenvalue weighted by atomic mass is 9.84. The van der Waals surface area contributed by atoms with Crippen LogP contribution in [-0.2, 0) is 9.59 Å². The molecular weight excluding hydrogens is 556 g/mol. The number of aliphatic carboxylic acids is 1. The number of carboxylic acids is 1. The molecule has 0 aliphatic carbocycles. The fraction of sp³-hybridized carbons (Fsp3) is 0.946. The molecule has 0 unspecified atom stereocenters. The van der Waals surface area contributed by atoms with Crippen molar-refractivity contribution < 1.29 is 35.1 Å². The van der Waals surface area contributed by atoms with Crippen LogP contribution < -0.4 is 0 Å². The number of hydrogen-bond donors (Lipinski definition) is 5. The van der Waals surface area contributed by atoms with Crippen LogP contribution in [0.2, 0.25) is 0 Å². The molecule has 44 heavy (non-hydrogen) atoms. The number of aliphatic hydroxyl groups is 4. The second-order valence-corrected chi connectivity index (χ2v) is 16.6. The van der Waals surface area contributed by atoms with Gasteiger partial charge in [0.25, 0.3) is 0 Å². The number of Topliss-reactive ketones (excluding diaryl/α,β-unsaturated/α-hetero) is 1. The van der Waals surface area contributed by atoms with Crippen molar-refractivity contribution in [3.05, 3.63) is 0 Å². The molecule has 5 N–H and O–H groups in total. The van der Waals surface area contributed by atoms with Crippen LogP contribution in [0.5, 0.6) is 0 Å². The van der Waals surface area contributed by atoms with Crippen LogP contribution >= 0.6 is 0 Å². The number of ketones is 1. The van der Waals surface area contributed by atoms with Crippen molar-refractivity contribution >= 4 is 11.8 Å². The molecule has 264 valence electrons. The highest BCUT2D eigenvalue weighted by molar-refractivity contribution is 5.78. The van der Waals surface area contributed by atoms with Gasteiger partial charge in [-0.25, -0.2) is 0 Å². The van der Waals surface area contributed by atoms with E-state index in [0.717, 1.165) is 103 Å². The minimum atomic E-state index is -0.692. The molecule has 7 heteroatoms. The highest BCUT2D eigenvalue weighted by atomic mass is 16.4. The minimum Gasteiger partial charge on any atom is -0.481 e. The molecule has 0 aliphatic heterocycles. The third-order valence-electron chi connectivity index (χ3n) is 9.26. The van der Waals surface area contributed by atoms with Crippen LogP contribution in [0, 0.1) is 33.5 Å². The first kappa shape index (κ1) is 45.1. The number of unbranched alkanes of at least 4 members (excludes halogenated alkanes) is 4. The number of hydrogen-bond acceptors (Lipinski definition) is 6. The Hall–Kier alpha value is -1.02. The van der Waals surface area contributed by atoms with Gasteiger partial charge in [-0.2, -0.15) is 0 Å². The molecule has 0 spiro atoms. The van der Waals surface area contributed by atoms with Crippen molar-refractivity contribution in [3.8, 4) is 0 Å². The second-order valence-electron chi connectivity index (χ2n) is 16.6. The molecular formula is C37H74O7. The summed E-state index contributed by atoms with van der Waals surface area (Å²) in [5.41, 5.74) is -0.119. The maximum Gasteiger partial charge on any atom is 0.306 e. The fourth-order valence-electron chi connectivity index (χ4n) is 5.24. The lowest BCUT2D eigenvalue weighted by Crippen LogP contribution is -2.18. The third-order valence-corrected chi connectivity index (χ3v) is 9.26. The van der Waals surface area contributed by atoms with Crippen LogP contribution in [0.1, 0.15) is 165 Å². The first-order valence-corrected chi connectivity index (χ1v) is 17.4. The summed E-state index contributed by atoms with van der Waals surface area (Å²) in [5, 5.41) is 46.2. The van der Waals surface area contributed by atoms with E-state index in [0.29, 0.717) is 5.78 Å². The summed E-state index contributed by atoms with van der Waals surface area (Å²) in [7, 11) is 0. The van der Waals surface area contributed by atoms with Gasteiger partial charge in [0.2, 0.25) is 0 Å². The molecule has 0 bridgehead atoms. The van der Waals surface area contributed by atoms with Gasteiger partial charge in [0.05, 0.1) is 5.92 Å². The van der Waals surface area contributed by atoms with Gasteiger partial charge in [-0.1, -0.05) is 107 Å². The monoisotopic (exact) mass is 631 g/mol. The Kier molecular flexibility index (Phi) is 23.9. The number of aliphatic hydroxyl groups excluding tert-OH is 4. The van der Waals surface area contributed by atoms with E-state index in [4.69, 9.17) is 0 Å². The summed E-state index contributed by atoms with van der Waals surface area (Å²) in [5.74, 6) is -0.449. The highest BCUT2D eigenvalue weighted by Gasteiger charge is 2.22. The number of carbonyl (C=O) groups excluding carboxylic acids is 1. The topological polar surface area (TPSA) is 135 Å². The number of carboxylic acid groups (broad SMARTS) is 1. The number of carbonyl (C=O) groups is 2. The molecule has 0 saturated heterocycles. The smallest absolute Gasteiger partial charge is 0.306 e. The van der Waals surface area contributed by atoms with E-state index >= 15 is 0 Å². The zero-order valence-electron chi connectivity index (χ0n) is 30.3. The summed E-state index contributed by atoms with van der Waals surface area (Å²) in [6, 6.07) is 0. The molecule has 0 radical (unpaired) electrons. The van der Waals surface area contributed by atoms with Crippen LogP contribution in [0.15, 0.2) is 0 Å². The maximum atomic E-state index is 11.8. The van der Waals surface area contributed by atoms with Gasteiger partial charge in [0.1, 0.15) is 5.78 Å². The van der Waals surface area contributed by atoms with E-state index in [1.807, 2.05) is 27.7 Å². The Bertz CT molecular complexity index is 632. The van der Waals surface area contributed by atoms with Crippen LogP contribution in [0.4, 0.5) is 0 Å². The molecule has 0 saturated carbocycles. The van der Waals surface area contributed by atoms with E-state index in [-0.39, 0.29) is 59.9 Å². The van der Waals surface area contributed by atoms with Crippen molar-refractivity contribution in [2.24, 2.45) is 33.5 Å². The van der Waals surface area contributed by atoms with Crippen LogP contribution in [0.3, 0.4) is 0 Å². The van der Waals surface area contributed by atoms with Crippen molar-refractivity contribution in [1.29, 1.82) is 0 Å². The lowest BCUT2D eigenvalue weighted by Gasteiger charge is -2.22. The molecule has 0 heterocycles. The lowest BCUT2D eigenvalue weighted by molar-refractivity contribution is -0.142. The molecule has 0 rings (SSSR count). The molecule has 0 aromatic carbocycles. The van der Waals surface area contributed by atoms with Gasteiger partial charge in [0, 0.05) is 32.3 Å². The quantitative estimate of drug-likeness (QED) is 0.0608. The summed E-state index contributed by atoms with van der Waals surface area (Å²) in [6.45, 7) is 19.0. The van der Waals surface area contributed by atoms with Gasteiger partial charge in [-0.05, 0) is 80.0 Å². The van der Waals surface area contributed by atoms with E-state index in [9.17, 15) is 35.1 Å². The zero-order valence-corrected chi connectivity index (χ0v) is 30.3. The largest absolute Gasteiger partial charge is 0.481 e. The van der Waals surface area contributed by atoms with E-state index < -0.39 is 5.97 Å². The first-order chi connectivity index (χ1) is 20.3. The average Bonchev–Trinajstić information content (AvgIpc) is 2.95. The van der Waals surface area contributed by atoms with Crippen LogP contribution in [0.25, 0.3) is 0 Å². The van der Waals surface area contributed by atoms with E-state index in [1.54, 1.807) is 6.92 Å². The first-order valence-electron chi connectivity index (χ1n) is 17.4. The molecule has 0 atom stereocenters. The Morgan fingerprint density at radius 3 is 0.864 bits per heavy atom. The Labute approximate surface area is 271 Å². The van der Waals surface area contributed by atoms with Gasteiger partial charge < -0.3 is 25.5 Å². The predicted molar refractivity (Wildman–Crippen MR) is 183 cm³/mol. The standard InChI is InChI=1S/C19H38O3.C18H36O4/c1-16(22)17(10-6-8-12-18(2,3)14-20)11-7-9-13-19(4,5)15-21;1-17(2,13-19)11-7-5-9-15(16(21)22)10-6-8-12-18(3,4)14-20/h17,20-21H,6-15H2,1-5H3;15,19-20H,5-14H2,1-4H3,(H,21,22). The Balaban J connectivity index is 0. The Morgan fingerprint density at radius 2 is 0.682 bits per heavy atom. The summed E-state index contributed by atoms with van der Waals surface area (Å²) in [6.07, 6.45) is 15.3. The van der Waals surface area contributed by atoms with Crippen molar-refractivity contribution in [3.63, 3.8) is 0 Å². The summed E-state index contributed by atoms with van der Waals surface area (Å²) < 4.78 is 0. The molecule has 0 aromatic heterocycles. The maximum absolute atomic E-state index is 11.8. The Morgan fingerprint density at radius 1 is 0.455 bits per heavy atom. The molecule has 0 aromatic rings. The zero-order chi connectivity index (χ0) is 34.5. The summed E-state index contributed by atoms with van der Waals surface area (Å²) >= 11 is 0. The SMILES string of the molecule is CC(=O)C(CCCCC(C)(C)CO)CCCCC(C)(C)CO.CC(C)(CO)CCCCC(CCCCC(C)(C)CO)C(=O)O. The molecule has 0 fully saturated rings. The normalized spacial score (nSPS) is 12.9. The molecule has 0 aliphatic rings. The second kappa shape index (κ2) is 23.3. The van der Waals surface area contributed by atoms with Crippen molar-refractivity contribution in [2.45, 2.75) is 165 Å². The van der Waals surface area contributed by atoms with Gasteiger partial charge in [-0.15, -0.1) is 0 Å². The highest BCUT2D eigenvalue weighted by Crippen LogP contribution is 2.28. The van der Waals surface area contributed by atoms with Crippen molar-refractivity contribution in [1.82, 2.24) is 0 Å². The van der Waals surface area contributed by atoms with Crippen LogP contribution in [-0.4, -0.2) is 63.7 Å². The van der Waals surface area contributed by atoms with Gasteiger partial charge in [0.15, 0.2) is 0 Å². The van der Waals surface area contributed by atoms with E-state index in [2.05, 4.69) is 27.7 Å². The predicted octanol–water partition coefficient (Wildman–Crippen LogP) is 8.19. The van der Waals surface area contributed by atoms with Gasteiger partial charge >= 0.3 is 5.97 Å². The fourth-order valence-corrected chi connectivity index (χ4v) is 5.24. The minimum absolute atomic E-state index is 0.00158. The average molecular weight is 631 g/mol. The van der Waals surface area contributed by atoms with E-state index in [1.165, 1.54) is 0 Å². The molecule has 0 amide bonds.